The predicted molar refractivity (Wildman–Crippen MR) is 64.2 cm³/mol. The lowest BCUT2D eigenvalue weighted by atomic mass is 9.98. The number of hydrogen-bond acceptors (Lipinski definition) is 3. The highest BCUT2D eigenvalue weighted by Crippen LogP contribution is 2.25. The fourth-order valence-corrected chi connectivity index (χ4v) is 3.32. The van der Waals surface area contributed by atoms with Crippen LogP contribution in [0.2, 0.25) is 0 Å². The minimum atomic E-state index is -0.0240. The Morgan fingerprint density at radius 2 is 2.38 bits per heavy atom. The quantitative estimate of drug-likeness (QED) is 0.759. The van der Waals surface area contributed by atoms with Gasteiger partial charge in [0, 0.05) is 24.8 Å². The maximum absolute atomic E-state index is 11.8. The molecule has 0 aliphatic carbocycles. The molecule has 0 spiro atoms. The highest BCUT2D eigenvalue weighted by atomic mass is 32.2. The monoisotopic (exact) mass is 242 g/mol. The minimum Gasteiger partial charge on any atom is -0.355 e. The van der Waals surface area contributed by atoms with Crippen LogP contribution in [0.3, 0.4) is 0 Å². The van der Waals surface area contributed by atoms with Crippen LogP contribution in [0.15, 0.2) is 0 Å². The number of amides is 2. The first-order chi connectivity index (χ1) is 7.75. The number of carbonyl (C=O) groups is 2. The SMILES string of the molecule is O=C1CCC(C(=O)NCC2CCCS2)CN1. The predicted octanol–water partition coefficient (Wildman–Crippen LogP) is 0.524. The Morgan fingerprint density at radius 1 is 1.50 bits per heavy atom. The van der Waals surface area contributed by atoms with Crippen molar-refractivity contribution in [3.63, 3.8) is 0 Å². The maximum Gasteiger partial charge on any atom is 0.224 e. The molecule has 0 radical (unpaired) electrons. The molecule has 4 nitrogen and oxygen atoms in total. The van der Waals surface area contributed by atoms with E-state index in [-0.39, 0.29) is 17.7 Å². The summed E-state index contributed by atoms with van der Waals surface area (Å²) in [6, 6.07) is 0. The summed E-state index contributed by atoms with van der Waals surface area (Å²) >= 11 is 1.95. The normalized spacial score (nSPS) is 29.9. The van der Waals surface area contributed by atoms with Gasteiger partial charge in [0.15, 0.2) is 0 Å². The van der Waals surface area contributed by atoms with Crippen LogP contribution in [0.4, 0.5) is 0 Å². The van der Waals surface area contributed by atoms with Crippen LogP contribution >= 0.6 is 11.8 Å². The second-order valence-electron chi connectivity index (χ2n) is 4.42. The molecule has 2 amide bonds. The molecule has 2 saturated heterocycles. The number of thioether (sulfide) groups is 1. The summed E-state index contributed by atoms with van der Waals surface area (Å²) in [5.74, 6) is 1.37. The molecular formula is C11H18N2O2S. The average molecular weight is 242 g/mol. The lowest BCUT2D eigenvalue weighted by Crippen LogP contribution is -2.44. The number of hydrogen-bond donors (Lipinski definition) is 2. The van der Waals surface area contributed by atoms with Crippen molar-refractivity contribution in [1.29, 1.82) is 0 Å². The van der Waals surface area contributed by atoms with Crippen molar-refractivity contribution in [3.05, 3.63) is 0 Å². The summed E-state index contributed by atoms with van der Waals surface area (Å²) in [6.07, 6.45) is 3.66. The Labute approximate surface area is 99.9 Å². The van der Waals surface area contributed by atoms with Crippen LogP contribution < -0.4 is 10.6 Å². The fraction of sp³-hybridized carbons (Fsp3) is 0.818. The van der Waals surface area contributed by atoms with Gasteiger partial charge in [0.2, 0.25) is 11.8 Å². The van der Waals surface area contributed by atoms with Crippen molar-refractivity contribution in [2.75, 3.05) is 18.8 Å². The van der Waals surface area contributed by atoms with E-state index >= 15 is 0 Å². The zero-order valence-corrected chi connectivity index (χ0v) is 10.1. The van der Waals surface area contributed by atoms with E-state index in [9.17, 15) is 9.59 Å². The summed E-state index contributed by atoms with van der Waals surface area (Å²) in [4.78, 5) is 22.7. The van der Waals surface area contributed by atoms with Crippen molar-refractivity contribution >= 4 is 23.6 Å². The van der Waals surface area contributed by atoms with Gasteiger partial charge in [0.1, 0.15) is 0 Å². The van der Waals surface area contributed by atoms with E-state index in [1.54, 1.807) is 0 Å². The molecule has 2 fully saturated rings. The van der Waals surface area contributed by atoms with E-state index in [4.69, 9.17) is 0 Å². The van der Waals surface area contributed by atoms with Crippen molar-refractivity contribution in [2.45, 2.75) is 30.9 Å². The molecule has 2 aliphatic heterocycles. The molecule has 2 rings (SSSR count). The van der Waals surface area contributed by atoms with Crippen LogP contribution in [-0.2, 0) is 9.59 Å². The van der Waals surface area contributed by atoms with Crippen molar-refractivity contribution in [3.8, 4) is 0 Å². The molecule has 2 atom stereocenters. The van der Waals surface area contributed by atoms with Crippen molar-refractivity contribution in [1.82, 2.24) is 10.6 Å². The summed E-state index contributed by atoms with van der Waals surface area (Å²) < 4.78 is 0. The largest absolute Gasteiger partial charge is 0.355 e. The lowest BCUT2D eigenvalue weighted by Gasteiger charge is -2.22. The second kappa shape index (κ2) is 5.57. The van der Waals surface area contributed by atoms with Crippen molar-refractivity contribution in [2.24, 2.45) is 5.92 Å². The zero-order chi connectivity index (χ0) is 11.4. The van der Waals surface area contributed by atoms with Gasteiger partial charge in [0.25, 0.3) is 0 Å². The molecule has 0 aromatic carbocycles. The summed E-state index contributed by atoms with van der Waals surface area (Å²) in [5.41, 5.74) is 0. The first-order valence-electron chi connectivity index (χ1n) is 5.91. The number of piperidine rings is 1. The van der Waals surface area contributed by atoms with Crippen LogP contribution in [0.5, 0.6) is 0 Å². The molecule has 2 N–H and O–H groups in total. The third-order valence-electron chi connectivity index (χ3n) is 3.16. The van der Waals surface area contributed by atoms with Gasteiger partial charge >= 0.3 is 0 Å². The van der Waals surface area contributed by atoms with E-state index in [2.05, 4.69) is 10.6 Å². The summed E-state index contributed by atoms with van der Waals surface area (Å²) in [7, 11) is 0. The molecule has 2 unspecified atom stereocenters. The second-order valence-corrected chi connectivity index (χ2v) is 5.83. The molecule has 5 heteroatoms. The average Bonchev–Trinajstić information content (AvgIpc) is 2.80. The third-order valence-corrected chi connectivity index (χ3v) is 4.56. The lowest BCUT2D eigenvalue weighted by molar-refractivity contribution is -0.128. The van der Waals surface area contributed by atoms with Crippen LogP contribution in [0.25, 0.3) is 0 Å². The highest BCUT2D eigenvalue weighted by molar-refractivity contribution is 8.00. The molecule has 0 bridgehead atoms. The topological polar surface area (TPSA) is 58.2 Å². The Hall–Kier alpha value is -0.710. The Balaban J connectivity index is 1.68. The molecule has 2 heterocycles. The molecule has 2 aliphatic rings. The smallest absolute Gasteiger partial charge is 0.224 e. The van der Waals surface area contributed by atoms with Crippen LogP contribution in [-0.4, -0.2) is 35.9 Å². The molecular weight excluding hydrogens is 224 g/mol. The highest BCUT2D eigenvalue weighted by Gasteiger charge is 2.25. The van der Waals surface area contributed by atoms with E-state index in [1.807, 2.05) is 11.8 Å². The third kappa shape index (κ3) is 3.14. The number of rotatable bonds is 3. The first-order valence-corrected chi connectivity index (χ1v) is 6.96. The van der Waals surface area contributed by atoms with Gasteiger partial charge in [-0.05, 0) is 25.0 Å². The van der Waals surface area contributed by atoms with Crippen molar-refractivity contribution < 1.29 is 9.59 Å². The van der Waals surface area contributed by atoms with E-state index in [0.29, 0.717) is 24.6 Å². The zero-order valence-electron chi connectivity index (χ0n) is 9.33. The van der Waals surface area contributed by atoms with Gasteiger partial charge < -0.3 is 10.6 Å². The molecule has 0 aromatic heterocycles. The van der Waals surface area contributed by atoms with Crippen LogP contribution in [0, 0.1) is 5.92 Å². The standard InChI is InChI=1S/C11H18N2O2S/c14-10-4-3-8(6-12-10)11(15)13-7-9-2-1-5-16-9/h8-9H,1-7H2,(H,12,14)(H,13,15). The minimum absolute atomic E-state index is 0.0240. The van der Waals surface area contributed by atoms with Gasteiger partial charge in [-0.15, -0.1) is 0 Å². The van der Waals surface area contributed by atoms with E-state index in [0.717, 1.165) is 6.54 Å². The Bertz CT molecular complexity index is 267. The first kappa shape index (κ1) is 11.8. The van der Waals surface area contributed by atoms with Gasteiger partial charge in [-0.2, -0.15) is 11.8 Å². The van der Waals surface area contributed by atoms with Gasteiger partial charge in [-0.1, -0.05) is 0 Å². The van der Waals surface area contributed by atoms with E-state index in [1.165, 1.54) is 18.6 Å². The van der Waals surface area contributed by atoms with E-state index < -0.39 is 0 Å². The molecule has 90 valence electrons. The number of carbonyl (C=O) groups excluding carboxylic acids is 2. The maximum atomic E-state index is 11.8. The molecule has 0 saturated carbocycles. The fourth-order valence-electron chi connectivity index (χ4n) is 2.12. The van der Waals surface area contributed by atoms with Crippen LogP contribution in [0.1, 0.15) is 25.7 Å². The molecule has 0 aromatic rings. The molecule has 16 heavy (non-hydrogen) atoms. The van der Waals surface area contributed by atoms with Gasteiger partial charge in [-0.3, -0.25) is 9.59 Å². The Kier molecular flexibility index (Phi) is 4.09. The summed E-state index contributed by atoms with van der Waals surface area (Å²) in [6.45, 7) is 1.29. The van der Waals surface area contributed by atoms with Gasteiger partial charge in [0.05, 0.1) is 5.92 Å². The summed E-state index contributed by atoms with van der Waals surface area (Å²) in [5, 5.41) is 6.33. The Morgan fingerprint density at radius 3 is 3.00 bits per heavy atom. The number of nitrogens with one attached hydrogen (secondary N) is 2. The van der Waals surface area contributed by atoms with Gasteiger partial charge in [-0.25, -0.2) is 0 Å².